The number of aliphatic hydroxyl groups is 1. The summed E-state index contributed by atoms with van der Waals surface area (Å²) < 4.78 is 4.96. The van der Waals surface area contributed by atoms with Crippen molar-refractivity contribution in [2.24, 2.45) is 11.7 Å². The molecule has 5 nitrogen and oxygen atoms in total. The van der Waals surface area contributed by atoms with Crippen molar-refractivity contribution in [2.75, 3.05) is 20.3 Å². The summed E-state index contributed by atoms with van der Waals surface area (Å²) in [5.41, 5.74) is 5.80. The molecule has 0 fully saturated rings. The Kier molecular flexibility index (Phi) is 8.15. The first-order valence-electron chi connectivity index (χ1n) is 5.72. The molecule has 3 unspecified atom stereocenters. The SMILES string of the molecule is CCC(C)C(N)C(=O)NC(CCO)COC. The van der Waals surface area contributed by atoms with Crippen molar-refractivity contribution in [3.05, 3.63) is 0 Å². The molecule has 0 aromatic carbocycles. The van der Waals surface area contributed by atoms with Gasteiger partial charge in [0, 0.05) is 13.7 Å². The van der Waals surface area contributed by atoms with Crippen molar-refractivity contribution in [2.45, 2.75) is 38.8 Å². The van der Waals surface area contributed by atoms with Gasteiger partial charge in [-0.15, -0.1) is 0 Å². The Morgan fingerprint density at radius 3 is 2.62 bits per heavy atom. The average Bonchev–Trinajstić information content (AvgIpc) is 2.27. The molecule has 0 aromatic heterocycles. The van der Waals surface area contributed by atoms with Gasteiger partial charge in [0.05, 0.1) is 18.7 Å². The van der Waals surface area contributed by atoms with Gasteiger partial charge in [-0.25, -0.2) is 0 Å². The zero-order valence-corrected chi connectivity index (χ0v) is 10.4. The fourth-order valence-corrected chi connectivity index (χ4v) is 1.36. The van der Waals surface area contributed by atoms with Gasteiger partial charge in [-0.2, -0.15) is 0 Å². The van der Waals surface area contributed by atoms with Crippen molar-refractivity contribution >= 4 is 5.91 Å². The van der Waals surface area contributed by atoms with E-state index >= 15 is 0 Å². The molecule has 0 radical (unpaired) electrons. The maximum absolute atomic E-state index is 11.7. The Balaban J connectivity index is 4.16. The molecule has 0 bridgehead atoms. The van der Waals surface area contributed by atoms with Crippen molar-refractivity contribution < 1.29 is 14.6 Å². The van der Waals surface area contributed by atoms with Gasteiger partial charge in [-0.05, 0) is 12.3 Å². The van der Waals surface area contributed by atoms with Crippen molar-refractivity contribution in [1.82, 2.24) is 5.32 Å². The van der Waals surface area contributed by atoms with Gasteiger partial charge in [0.15, 0.2) is 0 Å². The van der Waals surface area contributed by atoms with Crippen LogP contribution in [0.2, 0.25) is 0 Å². The summed E-state index contributed by atoms with van der Waals surface area (Å²) >= 11 is 0. The van der Waals surface area contributed by atoms with Crippen LogP contribution in [0.3, 0.4) is 0 Å². The summed E-state index contributed by atoms with van der Waals surface area (Å²) in [6.45, 7) is 4.35. The van der Waals surface area contributed by atoms with Crippen LogP contribution >= 0.6 is 0 Å². The minimum Gasteiger partial charge on any atom is -0.396 e. The molecule has 4 N–H and O–H groups in total. The zero-order valence-electron chi connectivity index (χ0n) is 10.4. The molecular weight excluding hydrogens is 208 g/mol. The van der Waals surface area contributed by atoms with Gasteiger partial charge >= 0.3 is 0 Å². The number of rotatable bonds is 8. The molecule has 0 aliphatic rings. The summed E-state index contributed by atoms with van der Waals surface area (Å²) in [5, 5.41) is 11.6. The predicted octanol–water partition coefficient (Wildman–Crippen LogP) is -0.127. The maximum atomic E-state index is 11.7. The number of methoxy groups -OCH3 is 1. The summed E-state index contributed by atoms with van der Waals surface area (Å²) in [4.78, 5) is 11.7. The standard InChI is InChI=1S/C11H24N2O3/c1-4-8(2)10(12)11(15)13-9(5-6-14)7-16-3/h8-10,14H,4-7,12H2,1-3H3,(H,13,15). The van der Waals surface area contributed by atoms with Crippen LogP contribution in [0.15, 0.2) is 0 Å². The van der Waals surface area contributed by atoms with Crippen LogP contribution < -0.4 is 11.1 Å². The number of amides is 1. The molecule has 16 heavy (non-hydrogen) atoms. The van der Waals surface area contributed by atoms with Crippen LogP contribution in [-0.4, -0.2) is 43.4 Å². The lowest BCUT2D eigenvalue weighted by atomic mass is 9.99. The number of nitrogens with two attached hydrogens (primary N) is 1. The van der Waals surface area contributed by atoms with Crippen molar-refractivity contribution in [3.63, 3.8) is 0 Å². The Morgan fingerprint density at radius 1 is 1.56 bits per heavy atom. The first-order chi connectivity index (χ1) is 7.56. The molecule has 5 heteroatoms. The van der Waals surface area contributed by atoms with Crippen LogP contribution in [0.5, 0.6) is 0 Å². The third-order valence-corrected chi connectivity index (χ3v) is 2.75. The van der Waals surface area contributed by atoms with E-state index in [1.807, 2.05) is 13.8 Å². The highest BCUT2D eigenvalue weighted by Gasteiger charge is 2.21. The van der Waals surface area contributed by atoms with E-state index in [-0.39, 0.29) is 24.5 Å². The van der Waals surface area contributed by atoms with E-state index < -0.39 is 6.04 Å². The van der Waals surface area contributed by atoms with Crippen LogP contribution in [0.1, 0.15) is 26.7 Å². The third kappa shape index (κ3) is 5.44. The molecule has 0 heterocycles. The molecule has 0 aliphatic carbocycles. The largest absolute Gasteiger partial charge is 0.396 e. The van der Waals surface area contributed by atoms with Crippen molar-refractivity contribution in [3.8, 4) is 0 Å². The summed E-state index contributed by atoms with van der Waals surface area (Å²) in [6.07, 6.45) is 1.34. The lowest BCUT2D eigenvalue weighted by molar-refractivity contribution is -0.124. The molecule has 96 valence electrons. The zero-order chi connectivity index (χ0) is 12.6. The molecule has 0 aliphatic heterocycles. The highest BCUT2D eigenvalue weighted by atomic mass is 16.5. The average molecular weight is 232 g/mol. The molecule has 1 amide bonds. The first-order valence-corrected chi connectivity index (χ1v) is 5.72. The van der Waals surface area contributed by atoms with Gasteiger partial charge in [-0.1, -0.05) is 20.3 Å². The first kappa shape index (κ1) is 15.3. The van der Waals surface area contributed by atoms with Crippen LogP contribution in [-0.2, 0) is 9.53 Å². The van der Waals surface area contributed by atoms with E-state index in [1.165, 1.54) is 0 Å². The number of ether oxygens (including phenoxy) is 1. The topological polar surface area (TPSA) is 84.6 Å². The van der Waals surface area contributed by atoms with Gasteiger partial charge in [0.1, 0.15) is 0 Å². The Hall–Kier alpha value is -0.650. The Bertz CT molecular complexity index is 194. The summed E-state index contributed by atoms with van der Waals surface area (Å²) in [5.74, 6) is -0.0258. The normalized spacial score (nSPS) is 16.6. The summed E-state index contributed by atoms with van der Waals surface area (Å²) in [7, 11) is 1.56. The minimum absolute atomic E-state index is 0.0207. The van der Waals surface area contributed by atoms with Gasteiger partial charge in [-0.3, -0.25) is 4.79 Å². The predicted molar refractivity (Wildman–Crippen MR) is 62.9 cm³/mol. The number of hydrogen-bond donors (Lipinski definition) is 3. The fourth-order valence-electron chi connectivity index (χ4n) is 1.36. The molecule has 0 saturated carbocycles. The molecule has 0 aromatic rings. The molecule has 3 atom stereocenters. The number of carbonyl (C=O) groups excluding carboxylic acids is 1. The van der Waals surface area contributed by atoms with E-state index in [4.69, 9.17) is 15.6 Å². The van der Waals surface area contributed by atoms with E-state index in [1.54, 1.807) is 7.11 Å². The van der Waals surface area contributed by atoms with E-state index in [0.717, 1.165) is 6.42 Å². The van der Waals surface area contributed by atoms with Gasteiger partial charge < -0.3 is 20.9 Å². The van der Waals surface area contributed by atoms with Crippen LogP contribution in [0.25, 0.3) is 0 Å². The van der Waals surface area contributed by atoms with E-state index in [2.05, 4.69) is 5.32 Å². The monoisotopic (exact) mass is 232 g/mol. The molecule has 0 saturated heterocycles. The molecular formula is C11H24N2O3. The Labute approximate surface area is 97.3 Å². The highest BCUT2D eigenvalue weighted by molar-refractivity contribution is 5.82. The maximum Gasteiger partial charge on any atom is 0.237 e. The molecule has 0 spiro atoms. The van der Waals surface area contributed by atoms with Crippen LogP contribution in [0.4, 0.5) is 0 Å². The highest BCUT2D eigenvalue weighted by Crippen LogP contribution is 2.05. The minimum atomic E-state index is -0.497. The van der Waals surface area contributed by atoms with Gasteiger partial charge in [0.25, 0.3) is 0 Å². The Morgan fingerprint density at radius 2 is 2.19 bits per heavy atom. The lowest BCUT2D eigenvalue weighted by Gasteiger charge is -2.22. The fraction of sp³-hybridized carbons (Fsp3) is 0.909. The second kappa shape index (κ2) is 8.50. The third-order valence-electron chi connectivity index (χ3n) is 2.75. The van der Waals surface area contributed by atoms with Crippen molar-refractivity contribution in [1.29, 1.82) is 0 Å². The second-order valence-electron chi connectivity index (χ2n) is 4.08. The van der Waals surface area contributed by atoms with E-state index in [0.29, 0.717) is 13.0 Å². The number of hydrogen-bond acceptors (Lipinski definition) is 4. The quantitative estimate of drug-likeness (QED) is 0.544. The smallest absolute Gasteiger partial charge is 0.237 e. The summed E-state index contributed by atoms with van der Waals surface area (Å²) in [6, 6.07) is -0.666. The van der Waals surface area contributed by atoms with Crippen LogP contribution in [0, 0.1) is 5.92 Å². The lowest BCUT2D eigenvalue weighted by Crippen LogP contribution is -2.49. The van der Waals surface area contributed by atoms with Gasteiger partial charge in [0.2, 0.25) is 5.91 Å². The van der Waals surface area contributed by atoms with E-state index in [9.17, 15) is 4.79 Å². The number of carbonyl (C=O) groups is 1. The molecule has 0 rings (SSSR count). The number of aliphatic hydroxyl groups excluding tert-OH is 1. The second-order valence-corrected chi connectivity index (χ2v) is 4.08. The number of nitrogens with one attached hydrogen (secondary N) is 1.